The first kappa shape index (κ1) is 21.8. The second-order valence-electron chi connectivity index (χ2n) is 8.69. The molecule has 2 aliphatic rings. The van der Waals surface area contributed by atoms with Crippen molar-refractivity contribution >= 4 is 11.8 Å². The van der Waals surface area contributed by atoms with Crippen LogP contribution in [0.15, 0.2) is 12.3 Å². The van der Waals surface area contributed by atoms with E-state index in [1.54, 1.807) is 10.7 Å². The molecule has 2 amide bonds. The van der Waals surface area contributed by atoms with Crippen molar-refractivity contribution in [3.8, 4) is 0 Å². The number of carbonyl (C=O) groups excluding carboxylic acids is 2. The lowest BCUT2D eigenvalue weighted by Gasteiger charge is -2.40. The first-order chi connectivity index (χ1) is 14.0. The molecule has 0 radical (unpaired) electrons. The molecule has 1 aromatic rings. The van der Waals surface area contributed by atoms with E-state index in [9.17, 15) is 9.59 Å². The highest BCUT2D eigenvalue weighted by Crippen LogP contribution is 2.20. The largest absolute Gasteiger partial charge is 0.338 e. The Morgan fingerprint density at radius 2 is 1.97 bits per heavy atom. The van der Waals surface area contributed by atoms with E-state index in [0.717, 1.165) is 45.4 Å². The summed E-state index contributed by atoms with van der Waals surface area (Å²) in [5.74, 6) is 0.171. The lowest BCUT2D eigenvalue weighted by molar-refractivity contribution is -0.138. The Balaban J connectivity index is 1.62. The first-order valence-corrected chi connectivity index (χ1v) is 11.3. The molecule has 0 spiro atoms. The molecule has 162 valence electrons. The van der Waals surface area contributed by atoms with Gasteiger partial charge in [-0.05, 0) is 64.7 Å². The van der Waals surface area contributed by atoms with Crippen LogP contribution in [0.1, 0.15) is 63.4 Å². The molecule has 29 heavy (non-hydrogen) atoms. The molecule has 7 nitrogen and oxygen atoms in total. The topological polar surface area (TPSA) is 61.7 Å². The van der Waals surface area contributed by atoms with Crippen molar-refractivity contribution < 1.29 is 9.59 Å². The third kappa shape index (κ3) is 5.59. The Labute approximate surface area is 175 Å². The van der Waals surface area contributed by atoms with Crippen molar-refractivity contribution in [3.05, 3.63) is 18.0 Å². The van der Waals surface area contributed by atoms with Gasteiger partial charge >= 0.3 is 0 Å². The number of piperidine rings is 1. The molecule has 0 saturated carbocycles. The molecule has 3 heterocycles. The number of rotatable bonds is 8. The number of likely N-dealkylation sites (tertiary alicyclic amines) is 2. The van der Waals surface area contributed by atoms with Crippen molar-refractivity contribution in [3.63, 3.8) is 0 Å². The van der Waals surface area contributed by atoms with Gasteiger partial charge in [-0.1, -0.05) is 13.8 Å². The van der Waals surface area contributed by atoms with E-state index in [-0.39, 0.29) is 23.8 Å². The van der Waals surface area contributed by atoms with E-state index >= 15 is 0 Å². The van der Waals surface area contributed by atoms with Crippen LogP contribution >= 0.6 is 0 Å². The Morgan fingerprint density at radius 1 is 1.21 bits per heavy atom. The number of aryl methyl sites for hydroxylation is 1. The van der Waals surface area contributed by atoms with Gasteiger partial charge in [-0.15, -0.1) is 0 Å². The summed E-state index contributed by atoms with van der Waals surface area (Å²) in [5, 5.41) is 4.37. The maximum atomic E-state index is 13.0. The summed E-state index contributed by atoms with van der Waals surface area (Å²) in [4.78, 5) is 32.3. The molecular formula is C22H37N5O2. The predicted molar refractivity (Wildman–Crippen MR) is 114 cm³/mol. The fraction of sp³-hybridized carbons (Fsp3) is 0.773. The molecule has 1 atom stereocenters. The van der Waals surface area contributed by atoms with Crippen LogP contribution in [0, 0.1) is 5.92 Å². The molecule has 1 aromatic heterocycles. The molecule has 2 saturated heterocycles. The summed E-state index contributed by atoms with van der Waals surface area (Å²) in [7, 11) is 0. The van der Waals surface area contributed by atoms with Gasteiger partial charge in [-0.2, -0.15) is 5.10 Å². The van der Waals surface area contributed by atoms with Crippen LogP contribution in [0.3, 0.4) is 0 Å². The fourth-order valence-corrected chi connectivity index (χ4v) is 4.48. The Kier molecular flexibility index (Phi) is 7.70. The lowest BCUT2D eigenvalue weighted by atomic mass is 10.0. The SMILES string of the molecule is CCn1ccc(C(=O)N2CCCC(N(CCCN3CCCC3)C(=O)C(C)C)C2)n1. The summed E-state index contributed by atoms with van der Waals surface area (Å²) in [6.07, 6.45) is 7.34. The normalized spacial score (nSPS) is 20.4. The Hall–Kier alpha value is -1.89. The number of amides is 2. The second kappa shape index (κ2) is 10.2. The average Bonchev–Trinajstić information content (AvgIpc) is 3.42. The van der Waals surface area contributed by atoms with Gasteiger partial charge in [0.15, 0.2) is 0 Å². The molecule has 3 rings (SSSR count). The van der Waals surface area contributed by atoms with Gasteiger partial charge in [0.25, 0.3) is 5.91 Å². The highest BCUT2D eigenvalue weighted by atomic mass is 16.2. The van der Waals surface area contributed by atoms with Crippen molar-refractivity contribution in [2.45, 2.75) is 65.5 Å². The second-order valence-corrected chi connectivity index (χ2v) is 8.69. The van der Waals surface area contributed by atoms with Crippen LogP contribution in [0.5, 0.6) is 0 Å². The zero-order valence-electron chi connectivity index (χ0n) is 18.3. The maximum Gasteiger partial charge on any atom is 0.274 e. The molecule has 0 bridgehead atoms. The van der Waals surface area contributed by atoms with Crippen molar-refractivity contribution in [1.82, 2.24) is 24.5 Å². The number of carbonyl (C=O) groups is 2. The van der Waals surface area contributed by atoms with Gasteiger partial charge in [0.1, 0.15) is 5.69 Å². The van der Waals surface area contributed by atoms with Gasteiger partial charge in [-0.3, -0.25) is 14.3 Å². The summed E-state index contributed by atoms with van der Waals surface area (Å²) in [6, 6.07) is 1.90. The van der Waals surface area contributed by atoms with Crippen molar-refractivity contribution in [1.29, 1.82) is 0 Å². The van der Waals surface area contributed by atoms with Crippen molar-refractivity contribution in [2.24, 2.45) is 5.92 Å². The smallest absolute Gasteiger partial charge is 0.274 e. The monoisotopic (exact) mass is 403 g/mol. The molecule has 2 fully saturated rings. The zero-order valence-corrected chi connectivity index (χ0v) is 18.3. The lowest BCUT2D eigenvalue weighted by Crippen LogP contribution is -2.53. The van der Waals surface area contributed by atoms with Crippen LogP contribution in [0.2, 0.25) is 0 Å². The minimum atomic E-state index is -0.0203. The van der Waals surface area contributed by atoms with Gasteiger partial charge < -0.3 is 14.7 Å². The summed E-state index contributed by atoms with van der Waals surface area (Å²) >= 11 is 0. The van der Waals surface area contributed by atoms with Crippen LogP contribution in [0.25, 0.3) is 0 Å². The number of aromatic nitrogens is 2. The minimum Gasteiger partial charge on any atom is -0.338 e. The number of hydrogen-bond donors (Lipinski definition) is 0. The Bertz CT molecular complexity index is 680. The third-order valence-corrected chi connectivity index (χ3v) is 6.16. The van der Waals surface area contributed by atoms with Crippen molar-refractivity contribution in [2.75, 3.05) is 39.3 Å². The van der Waals surface area contributed by atoms with Gasteiger partial charge in [0.2, 0.25) is 5.91 Å². The fourth-order valence-electron chi connectivity index (χ4n) is 4.48. The molecule has 0 N–H and O–H groups in total. The molecule has 0 aliphatic carbocycles. The molecule has 7 heteroatoms. The highest BCUT2D eigenvalue weighted by molar-refractivity contribution is 5.92. The van der Waals surface area contributed by atoms with Crippen LogP contribution in [0.4, 0.5) is 0 Å². The van der Waals surface area contributed by atoms with Crippen LogP contribution in [-0.2, 0) is 11.3 Å². The standard InChI is InChI=1S/C22H37N5O2/c1-4-26-16-10-20(23-26)22(29)25-14-7-9-19(17-25)27(21(28)18(2)3)15-8-13-24-11-5-6-12-24/h10,16,18-19H,4-9,11-15,17H2,1-3H3. The van der Waals surface area contributed by atoms with E-state index in [1.807, 2.05) is 31.9 Å². The third-order valence-electron chi connectivity index (χ3n) is 6.16. The minimum absolute atomic E-state index is 0.0177. The molecule has 2 aliphatic heterocycles. The van der Waals surface area contributed by atoms with E-state index < -0.39 is 0 Å². The van der Waals surface area contributed by atoms with Gasteiger partial charge in [-0.25, -0.2) is 0 Å². The van der Waals surface area contributed by atoms with Gasteiger partial charge in [0.05, 0.1) is 0 Å². The first-order valence-electron chi connectivity index (χ1n) is 11.3. The van der Waals surface area contributed by atoms with Crippen LogP contribution in [-0.4, -0.2) is 81.6 Å². The number of nitrogens with zero attached hydrogens (tertiary/aromatic N) is 5. The molecular weight excluding hydrogens is 366 g/mol. The summed E-state index contributed by atoms with van der Waals surface area (Å²) in [5.41, 5.74) is 0.503. The van der Waals surface area contributed by atoms with Gasteiger partial charge in [0, 0.05) is 44.3 Å². The van der Waals surface area contributed by atoms with E-state index in [4.69, 9.17) is 0 Å². The predicted octanol–water partition coefficient (Wildman–Crippen LogP) is 2.48. The summed E-state index contributed by atoms with van der Waals surface area (Å²) in [6.45, 7) is 12.3. The molecule has 0 aromatic carbocycles. The van der Waals surface area contributed by atoms with E-state index in [0.29, 0.717) is 12.2 Å². The maximum absolute atomic E-state index is 13.0. The Morgan fingerprint density at radius 3 is 2.62 bits per heavy atom. The van der Waals surface area contributed by atoms with E-state index in [2.05, 4.69) is 14.9 Å². The zero-order chi connectivity index (χ0) is 20.8. The molecule has 1 unspecified atom stereocenters. The number of hydrogen-bond acceptors (Lipinski definition) is 4. The summed E-state index contributed by atoms with van der Waals surface area (Å²) < 4.78 is 1.78. The highest BCUT2D eigenvalue weighted by Gasteiger charge is 2.32. The van der Waals surface area contributed by atoms with E-state index in [1.165, 1.54) is 25.9 Å². The average molecular weight is 404 g/mol. The van der Waals surface area contributed by atoms with Crippen LogP contribution < -0.4 is 0 Å². The quantitative estimate of drug-likeness (QED) is 0.669.